The molecule has 0 bridgehead atoms. The molecule has 2 saturated heterocycles. The van der Waals surface area contributed by atoms with Gasteiger partial charge in [-0.3, -0.25) is 0 Å². The summed E-state index contributed by atoms with van der Waals surface area (Å²) in [6, 6.07) is 0. The van der Waals surface area contributed by atoms with Gasteiger partial charge in [-0.25, -0.2) is 0 Å². The lowest BCUT2D eigenvalue weighted by Gasteiger charge is -2.10. The lowest BCUT2D eigenvalue weighted by molar-refractivity contribution is 0.0173. The fraction of sp³-hybridized carbons (Fsp3) is 1.00. The minimum Gasteiger partial charge on any atom is -0.388 e. The molecule has 10 heavy (non-hydrogen) atoms. The van der Waals surface area contributed by atoms with E-state index in [2.05, 4.69) is 6.92 Å². The number of fused-ring (bicyclic) bond motifs is 1. The van der Waals surface area contributed by atoms with Crippen LogP contribution in [0.4, 0.5) is 0 Å². The van der Waals surface area contributed by atoms with E-state index in [1.165, 1.54) is 0 Å². The first-order chi connectivity index (χ1) is 4.79. The van der Waals surface area contributed by atoms with E-state index in [0.29, 0.717) is 12.5 Å². The molecule has 0 aromatic rings. The molecule has 3 heteroatoms. The summed E-state index contributed by atoms with van der Waals surface area (Å²) in [6.45, 7) is 3.26. The molecular formula is C7H12O3. The van der Waals surface area contributed by atoms with Crippen LogP contribution in [0.2, 0.25) is 0 Å². The summed E-state index contributed by atoms with van der Waals surface area (Å²) in [6.07, 6.45) is -0.292. The summed E-state index contributed by atoms with van der Waals surface area (Å²) in [5.41, 5.74) is 0. The summed E-state index contributed by atoms with van der Waals surface area (Å²) in [5, 5.41) is 9.27. The maximum atomic E-state index is 9.27. The van der Waals surface area contributed by atoms with Gasteiger partial charge in [-0.1, -0.05) is 6.92 Å². The van der Waals surface area contributed by atoms with Crippen LogP contribution in [-0.4, -0.2) is 36.6 Å². The second-order valence-corrected chi connectivity index (χ2v) is 3.14. The molecule has 0 aliphatic carbocycles. The molecule has 4 atom stereocenters. The first-order valence-corrected chi connectivity index (χ1v) is 3.70. The monoisotopic (exact) mass is 144 g/mol. The Morgan fingerprint density at radius 2 is 1.90 bits per heavy atom. The third kappa shape index (κ3) is 0.779. The van der Waals surface area contributed by atoms with Crippen molar-refractivity contribution in [2.75, 3.05) is 13.2 Å². The van der Waals surface area contributed by atoms with Crippen LogP contribution in [0.25, 0.3) is 0 Å². The third-order valence-corrected chi connectivity index (χ3v) is 2.27. The summed E-state index contributed by atoms with van der Waals surface area (Å²) in [5.74, 6) is 0.446. The fourth-order valence-corrected chi connectivity index (χ4v) is 1.67. The highest BCUT2D eigenvalue weighted by Gasteiger charge is 2.44. The van der Waals surface area contributed by atoms with E-state index < -0.39 is 6.10 Å². The van der Waals surface area contributed by atoms with Crippen molar-refractivity contribution in [1.29, 1.82) is 0 Å². The van der Waals surface area contributed by atoms with Crippen molar-refractivity contribution in [2.24, 2.45) is 5.92 Å². The largest absolute Gasteiger partial charge is 0.388 e. The maximum absolute atomic E-state index is 9.27. The molecule has 2 aliphatic rings. The van der Waals surface area contributed by atoms with Gasteiger partial charge in [0.15, 0.2) is 0 Å². The van der Waals surface area contributed by atoms with Gasteiger partial charge in [0.05, 0.1) is 19.3 Å². The zero-order valence-electron chi connectivity index (χ0n) is 5.99. The molecule has 0 aromatic heterocycles. The highest BCUT2D eigenvalue weighted by Crippen LogP contribution is 2.30. The molecule has 0 radical (unpaired) electrons. The minimum absolute atomic E-state index is 0.0463. The van der Waals surface area contributed by atoms with Crippen molar-refractivity contribution in [3.05, 3.63) is 0 Å². The van der Waals surface area contributed by atoms with Crippen LogP contribution >= 0.6 is 0 Å². The van der Waals surface area contributed by atoms with E-state index in [1.807, 2.05) is 0 Å². The van der Waals surface area contributed by atoms with E-state index in [0.717, 1.165) is 6.61 Å². The number of aliphatic hydroxyl groups excluding tert-OH is 1. The molecule has 0 saturated carbocycles. The van der Waals surface area contributed by atoms with E-state index in [1.54, 1.807) is 0 Å². The van der Waals surface area contributed by atoms with E-state index in [-0.39, 0.29) is 12.2 Å². The van der Waals surface area contributed by atoms with Crippen molar-refractivity contribution >= 4 is 0 Å². The van der Waals surface area contributed by atoms with E-state index >= 15 is 0 Å². The Labute approximate surface area is 59.9 Å². The molecule has 2 aliphatic heterocycles. The molecule has 2 fully saturated rings. The Morgan fingerprint density at radius 1 is 1.20 bits per heavy atom. The molecular weight excluding hydrogens is 132 g/mol. The van der Waals surface area contributed by atoms with Gasteiger partial charge in [-0.15, -0.1) is 0 Å². The van der Waals surface area contributed by atoms with Crippen molar-refractivity contribution in [3.63, 3.8) is 0 Å². The summed E-state index contributed by atoms with van der Waals surface area (Å²) >= 11 is 0. The SMILES string of the molecule is CC1COC2C1OC[C@@H]2O. The number of rotatable bonds is 0. The Hall–Kier alpha value is -0.120. The Morgan fingerprint density at radius 3 is 2.60 bits per heavy atom. The first-order valence-electron chi connectivity index (χ1n) is 3.70. The van der Waals surface area contributed by atoms with E-state index in [4.69, 9.17) is 9.47 Å². The quantitative estimate of drug-likeness (QED) is 0.511. The van der Waals surface area contributed by atoms with Gasteiger partial charge >= 0.3 is 0 Å². The average Bonchev–Trinajstić information content (AvgIpc) is 2.41. The van der Waals surface area contributed by atoms with Crippen LogP contribution in [0.5, 0.6) is 0 Å². The van der Waals surface area contributed by atoms with Gasteiger partial charge in [-0.05, 0) is 0 Å². The van der Waals surface area contributed by atoms with Crippen LogP contribution in [0.3, 0.4) is 0 Å². The van der Waals surface area contributed by atoms with Crippen molar-refractivity contribution in [1.82, 2.24) is 0 Å². The predicted octanol–water partition coefficient (Wildman–Crippen LogP) is -0.219. The van der Waals surface area contributed by atoms with Crippen LogP contribution in [0.15, 0.2) is 0 Å². The lowest BCUT2D eigenvalue weighted by Crippen LogP contribution is -2.28. The fourth-order valence-electron chi connectivity index (χ4n) is 1.67. The highest BCUT2D eigenvalue weighted by molar-refractivity contribution is 4.92. The first kappa shape index (κ1) is 6.58. The smallest absolute Gasteiger partial charge is 0.112 e. The van der Waals surface area contributed by atoms with E-state index in [9.17, 15) is 5.11 Å². The van der Waals surface area contributed by atoms with Crippen LogP contribution in [0.1, 0.15) is 6.92 Å². The third-order valence-electron chi connectivity index (χ3n) is 2.27. The van der Waals surface area contributed by atoms with Crippen molar-refractivity contribution in [2.45, 2.75) is 25.2 Å². The summed E-state index contributed by atoms with van der Waals surface area (Å²) in [4.78, 5) is 0. The van der Waals surface area contributed by atoms with Crippen molar-refractivity contribution < 1.29 is 14.6 Å². The number of hydrogen-bond acceptors (Lipinski definition) is 3. The number of aliphatic hydroxyl groups is 1. The maximum Gasteiger partial charge on any atom is 0.112 e. The van der Waals surface area contributed by atoms with Gasteiger partial charge in [0.2, 0.25) is 0 Å². The van der Waals surface area contributed by atoms with Gasteiger partial charge in [0.25, 0.3) is 0 Å². The summed E-state index contributed by atoms with van der Waals surface area (Å²) < 4.78 is 10.7. The Balaban J connectivity index is 2.09. The van der Waals surface area contributed by atoms with Crippen LogP contribution < -0.4 is 0 Å². The molecule has 3 nitrogen and oxygen atoms in total. The number of ether oxygens (including phenoxy) is 2. The van der Waals surface area contributed by atoms with Gasteiger partial charge in [0, 0.05) is 5.92 Å². The Bertz CT molecular complexity index is 121. The molecule has 2 rings (SSSR count). The lowest BCUT2D eigenvalue weighted by atomic mass is 10.0. The molecule has 0 amide bonds. The zero-order chi connectivity index (χ0) is 7.14. The van der Waals surface area contributed by atoms with Crippen LogP contribution in [-0.2, 0) is 9.47 Å². The minimum atomic E-state index is -0.394. The number of hydrogen-bond donors (Lipinski definition) is 1. The molecule has 0 aromatic carbocycles. The molecule has 58 valence electrons. The topological polar surface area (TPSA) is 38.7 Å². The Kier molecular flexibility index (Phi) is 1.44. The van der Waals surface area contributed by atoms with Gasteiger partial charge in [0.1, 0.15) is 12.2 Å². The van der Waals surface area contributed by atoms with Gasteiger partial charge in [-0.2, -0.15) is 0 Å². The molecule has 2 heterocycles. The predicted molar refractivity (Wildman–Crippen MR) is 34.7 cm³/mol. The van der Waals surface area contributed by atoms with Gasteiger partial charge < -0.3 is 14.6 Å². The second kappa shape index (κ2) is 2.19. The molecule has 0 spiro atoms. The summed E-state index contributed by atoms with van der Waals surface area (Å²) in [7, 11) is 0. The normalized spacial score (nSPS) is 53.4. The van der Waals surface area contributed by atoms with Crippen molar-refractivity contribution in [3.8, 4) is 0 Å². The van der Waals surface area contributed by atoms with Crippen LogP contribution in [0, 0.1) is 5.92 Å². The highest BCUT2D eigenvalue weighted by atomic mass is 16.6. The second-order valence-electron chi connectivity index (χ2n) is 3.14. The zero-order valence-corrected chi connectivity index (χ0v) is 5.99. The molecule has 3 unspecified atom stereocenters. The average molecular weight is 144 g/mol. The standard InChI is InChI=1S/C7H12O3/c1-4-2-9-7-5(8)3-10-6(4)7/h4-8H,2-3H2,1H3/t4?,5-,6?,7?/m0/s1. The molecule has 1 N–H and O–H groups in total.